The Kier molecular flexibility index (Phi) is 3.75. The molecule has 2 aromatic rings. The lowest BCUT2D eigenvalue weighted by molar-refractivity contribution is 0.354. The summed E-state index contributed by atoms with van der Waals surface area (Å²) in [6.07, 6.45) is 1.47. The summed E-state index contributed by atoms with van der Waals surface area (Å²) in [7, 11) is -0.256. The van der Waals surface area contributed by atoms with Gasteiger partial charge in [0.2, 0.25) is 0 Å². The molecule has 22 heavy (non-hydrogen) atoms. The van der Waals surface area contributed by atoms with Crippen molar-refractivity contribution in [3.63, 3.8) is 0 Å². The predicted molar refractivity (Wildman–Crippen MR) is 81.9 cm³/mol. The first-order chi connectivity index (χ1) is 10.4. The van der Waals surface area contributed by atoms with E-state index in [2.05, 4.69) is 20.0 Å². The number of anilines is 1. The first-order valence-electron chi connectivity index (χ1n) is 6.99. The highest BCUT2D eigenvalue weighted by Gasteiger charge is 2.29. The lowest BCUT2D eigenvalue weighted by Crippen LogP contribution is -2.52. The quantitative estimate of drug-likeness (QED) is 0.746. The van der Waals surface area contributed by atoms with Gasteiger partial charge in [0.1, 0.15) is 12.1 Å². The van der Waals surface area contributed by atoms with Crippen LogP contribution >= 0.6 is 0 Å². The maximum absolute atomic E-state index is 12.1. The Morgan fingerprint density at radius 1 is 1.18 bits per heavy atom. The summed E-state index contributed by atoms with van der Waals surface area (Å²) in [5.74, 6) is 1.44. The Morgan fingerprint density at radius 3 is 2.50 bits per heavy atom. The number of aromatic nitrogens is 4. The van der Waals surface area contributed by atoms with Crippen LogP contribution in [0.2, 0.25) is 0 Å². The average molecular weight is 325 g/mol. The first-order valence-corrected chi connectivity index (χ1v) is 8.39. The van der Waals surface area contributed by atoms with Crippen LogP contribution in [0.5, 0.6) is 0 Å². The van der Waals surface area contributed by atoms with Crippen LogP contribution in [0.1, 0.15) is 5.69 Å². The van der Waals surface area contributed by atoms with Crippen molar-refractivity contribution in [2.45, 2.75) is 6.92 Å². The fourth-order valence-corrected chi connectivity index (χ4v) is 3.60. The Labute approximate surface area is 129 Å². The molecule has 0 spiro atoms. The topological polar surface area (TPSA) is 86.9 Å². The molecule has 3 rings (SSSR count). The second-order valence-corrected chi connectivity index (χ2v) is 7.55. The molecule has 0 aliphatic carbocycles. The smallest absolute Gasteiger partial charge is 0.281 e. The highest BCUT2D eigenvalue weighted by molar-refractivity contribution is 7.86. The second-order valence-electron chi connectivity index (χ2n) is 5.40. The lowest BCUT2D eigenvalue weighted by atomic mass is 10.3. The van der Waals surface area contributed by atoms with Crippen molar-refractivity contribution in [2.24, 2.45) is 0 Å². The van der Waals surface area contributed by atoms with Gasteiger partial charge >= 0.3 is 0 Å². The van der Waals surface area contributed by atoms with E-state index in [1.54, 1.807) is 18.6 Å². The minimum atomic E-state index is -3.35. The Bertz CT molecular complexity index is 778. The molecule has 1 aliphatic heterocycles. The molecular weight excluding hydrogens is 306 g/mol. The minimum Gasteiger partial charge on any atom is -0.354 e. The fraction of sp³-hybridized carbons (Fsp3) is 0.583. The fourth-order valence-electron chi connectivity index (χ4n) is 2.52. The van der Waals surface area contributed by atoms with E-state index in [9.17, 15) is 8.42 Å². The Hall–Kier alpha value is -1.78. The van der Waals surface area contributed by atoms with E-state index in [4.69, 9.17) is 0 Å². The number of piperazine rings is 1. The van der Waals surface area contributed by atoms with Crippen molar-refractivity contribution >= 4 is 21.8 Å². The third kappa shape index (κ3) is 2.53. The van der Waals surface area contributed by atoms with Crippen LogP contribution in [0.15, 0.2) is 12.4 Å². The van der Waals surface area contributed by atoms with Gasteiger partial charge < -0.3 is 4.90 Å². The number of aryl methyl sites for hydroxylation is 1. The van der Waals surface area contributed by atoms with Crippen molar-refractivity contribution in [1.29, 1.82) is 0 Å². The van der Waals surface area contributed by atoms with Crippen LogP contribution in [-0.2, 0) is 10.2 Å². The van der Waals surface area contributed by atoms with Crippen molar-refractivity contribution in [2.75, 3.05) is 45.2 Å². The Morgan fingerprint density at radius 2 is 1.86 bits per heavy atom. The molecule has 1 saturated heterocycles. The van der Waals surface area contributed by atoms with E-state index in [-0.39, 0.29) is 0 Å². The minimum absolute atomic E-state index is 0.443. The largest absolute Gasteiger partial charge is 0.354 e. The SMILES string of the molecule is Cc1cc(N2CCN(S(=O)(=O)N(C)C)CC2)n2ncnc2n1. The summed E-state index contributed by atoms with van der Waals surface area (Å²) >= 11 is 0. The summed E-state index contributed by atoms with van der Waals surface area (Å²) < 4.78 is 28.7. The van der Waals surface area contributed by atoms with E-state index in [1.807, 2.05) is 13.0 Å². The molecule has 10 heteroatoms. The zero-order chi connectivity index (χ0) is 15.9. The van der Waals surface area contributed by atoms with Crippen molar-refractivity contribution < 1.29 is 8.42 Å². The van der Waals surface area contributed by atoms with Crippen LogP contribution in [0.3, 0.4) is 0 Å². The molecule has 0 aromatic carbocycles. The van der Waals surface area contributed by atoms with Crippen LogP contribution in [0.4, 0.5) is 5.82 Å². The molecule has 0 amide bonds. The molecule has 120 valence electrons. The maximum Gasteiger partial charge on any atom is 0.281 e. The van der Waals surface area contributed by atoms with E-state index in [1.165, 1.54) is 14.9 Å². The van der Waals surface area contributed by atoms with Gasteiger partial charge in [-0.15, -0.1) is 0 Å². The van der Waals surface area contributed by atoms with Gasteiger partial charge in [-0.1, -0.05) is 0 Å². The molecule has 2 aromatic heterocycles. The van der Waals surface area contributed by atoms with Crippen molar-refractivity contribution in [3.8, 4) is 0 Å². The number of fused-ring (bicyclic) bond motifs is 1. The molecular formula is C12H19N7O2S. The molecule has 9 nitrogen and oxygen atoms in total. The van der Waals surface area contributed by atoms with Gasteiger partial charge in [0.15, 0.2) is 0 Å². The standard InChI is InChI=1S/C12H19N7O2S/c1-10-8-11(19-12(15-10)13-9-14-19)17-4-6-18(7-5-17)22(20,21)16(2)3/h8-9H,4-7H2,1-3H3. The normalized spacial score (nSPS) is 17.5. The highest BCUT2D eigenvalue weighted by atomic mass is 32.2. The average Bonchev–Trinajstić information content (AvgIpc) is 2.94. The molecule has 0 bridgehead atoms. The Balaban J connectivity index is 1.83. The third-order valence-electron chi connectivity index (χ3n) is 3.71. The summed E-state index contributed by atoms with van der Waals surface area (Å²) in [6, 6.07) is 1.94. The second kappa shape index (κ2) is 5.45. The van der Waals surface area contributed by atoms with Gasteiger partial charge in [-0.2, -0.15) is 31.6 Å². The molecule has 0 atom stereocenters. The number of hydrogen-bond acceptors (Lipinski definition) is 6. The molecule has 0 N–H and O–H groups in total. The number of rotatable bonds is 3. The molecule has 1 aliphatic rings. The van der Waals surface area contributed by atoms with Crippen LogP contribution in [-0.4, -0.2) is 76.9 Å². The van der Waals surface area contributed by atoms with Gasteiger partial charge in [-0.3, -0.25) is 0 Å². The molecule has 3 heterocycles. The predicted octanol–water partition coefficient (Wildman–Crippen LogP) is -0.639. The van der Waals surface area contributed by atoms with E-state index in [0.717, 1.165) is 11.5 Å². The van der Waals surface area contributed by atoms with E-state index < -0.39 is 10.2 Å². The van der Waals surface area contributed by atoms with Gasteiger partial charge in [-0.25, -0.2) is 4.98 Å². The summed E-state index contributed by atoms with van der Waals surface area (Å²) in [4.78, 5) is 10.5. The van der Waals surface area contributed by atoms with E-state index in [0.29, 0.717) is 32.0 Å². The van der Waals surface area contributed by atoms with Crippen molar-refractivity contribution in [3.05, 3.63) is 18.1 Å². The molecule has 1 fully saturated rings. The lowest BCUT2D eigenvalue weighted by Gasteiger charge is -2.36. The van der Waals surface area contributed by atoms with Crippen LogP contribution in [0, 0.1) is 6.92 Å². The third-order valence-corrected chi connectivity index (χ3v) is 5.65. The highest BCUT2D eigenvalue weighted by Crippen LogP contribution is 2.19. The van der Waals surface area contributed by atoms with Gasteiger partial charge in [-0.05, 0) is 6.92 Å². The van der Waals surface area contributed by atoms with Gasteiger partial charge in [0, 0.05) is 52.0 Å². The molecule has 0 unspecified atom stereocenters. The summed E-state index contributed by atoms with van der Waals surface area (Å²) in [6.45, 7) is 4.00. The van der Waals surface area contributed by atoms with Gasteiger partial charge in [0.25, 0.3) is 16.0 Å². The number of hydrogen-bond donors (Lipinski definition) is 0. The monoisotopic (exact) mass is 325 g/mol. The maximum atomic E-state index is 12.1. The molecule has 0 saturated carbocycles. The van der Waals surface area contributed by atoms with Crippen LogP contribution < -0.4 is 4.90 Å². The zero-order valence-electron chi connectivity index (χ0n) is 12.8. The van der Waals surface area contributed by atoms with Crippen LogP contribution in [0.25, 0.3) is 5.78 Å². The number of nitrogens with zero attached hydrogens (tertiary/aromatic N) is 7. The van der Waals surface area contributed by atoms with E-state index >= 15 is 0 Å². The van der Waals surface area contributed by atoms with Crippen molar-refractivity contribution in [1.82, 2.24) is 28.2 Å². The molecule has 0 radical (unpaired) electrons. The first kappa shape index (κ1) is 15.1. The zero-order valence-corrected chi connectivity index (χ0v) is 13.7. The summed E-state index contributed by atoms with van der Waals surface area (Å²) in [5, 5.41) is 4.19. The summed E-state index contributed by atoms with van der Waals surface area (Å²) in [5.41, 5.74) is 0.860. The van der Waals surface area contributed by atoms with Gasteiger partial charge in [0.05, 0.1) is 0 Å².